The first-order valence-corrected chi connectivity index (χ1v) is 7.24. The van der Waals surface area contributed by atoms with Gasteiger partial charge in [0, 0.05) is 44.0 Å². The normalized spacial score (nSPS) is 29.2. The number of piperazine rings is 1. The Bertz CT molecular complexity index is 272. The van der Waals surface area contributed by atoms with Gasteiger partial charge in [-0.05, 0) is 11.8 Å². The van der Waals surface area contributed by atoms with Crippen molar-refractivity contribution in [2.75, 3.05) is 38.1 Å². The molecular formula is C12H21BrN2O. The predicted molar refractivity (Wildman–Crippen MR) is 68.7 cm³/mol. The standard InChI is InChI=1S/C12H21BrN2O/c1-12(2)9-10(12)11(16)15-7-5-14(4-3-13)6-8-15/h10H,3-9H2,1-2H3. The summed E-state index contributed by atoms with van der Waals surface area (Å²) in [5.41, 5.74) is 0.268. The highest BCUT2D eigenvalue weighted by Crippen LogP contribution is 2.52. The molecule has 0 radical (unpaired) electrons. The Morgan fingerprint density at radius 2 is 1.88 bits per heavy atom. The van der Waals surface area contributed by atoms with E-state index in [1.165, 1.54) is 0 Å². The van der Waals surface area contributed by atoms with Crippen molar-refractivity contribution in [1.29, 1.82) is 0 Å². The molecule has 1 aliphatic carbocycles. The van der Waals surface area contributed by atoms with Gasteiger partial charge in [-0.15, -0.1) is 0 Å². The Kier molecular flexibility index (Phi) is 3.59. The average Bonchev–Trinajstić information content (AvgIpc) is 2.88. The van der Waals surface area contributed by atoms with E-state index in [2.05, 4.69) is 39.6 Å². The summed E-state index contributed by atoms with van der Waals surface area (Å²) in [5, 5.41) is 1.02. The molecule has 2 fully saturated rings. The molecule has 0 aromatic rings. The first kappa shape index (κ1) is 12.4. The van der Waals surface area contributed by atoms with Crippen LogP contribution in [0.3, 0.4) is 0 Å². The summed E-state index contributed by atoms with van der Waals surface area (Å²) in [6, 6.07) is 0. The minimum Gasteiger partial charge on any atom is -0.340 e. The van der Waals surface area contributed by atoms with Crippen molar-refractivity contribution in [1.82, 2.24) is 9.80 Å². The summed E-state index contributed by atoms with van der Waals surface area (Å²) in [6.07, 6.45) is 1.08. The highest BCUT2D eigenvalue weighted by atomic mass is 79.9. The lowest BCUT2D eigenvalue weighted by Crippen LogP contribution is -2.49. The van der Waals surface area contributed by atoms with Gasteiger partial charge in [-0.1, -0.05) is 29.8 Å². The summed E-state index contributed by atoms with van der Waals surface area (Å²) in [6.45, 7) is 9.37. The maximum atomic E-state index is 12.1. The van der Waals surface area contributed by atoms with Gasteiger partial charge < -0.3 is 4.90 Å². The van der Waals surface area contributed by atoms with Gasteiger partial charge in [0.05, 0.1) is 0 Å². The molecule has 1 amide bonds. The van der Waals surface area contributed by atoms with Gasteiger partial charge in [-0.25, -0.2) is 0 Å². The summed E-state index contributed by atoms with van der Waals surface area (Å²) in [4.78, 5) is 16.6. The van der Waals surface area contributed by atoms with E-state index in [1.54, 1.807) is 0 Å². The number of halogens is 1. The second-order valence-corrected chi connectivity index (χ2v) is 6.39. The molecule has 0 spiro atoms. The number of alkyl halides is 1. The quantitative estimate of drug-likeness (QED) is 0.736. The Balaban J connectivity index is 1.79. The molecule has 0 aromatic carbocycles. The van der Waals surface area contributed by atoms with Crippen LogP contribution in [0.25, 0.3) is 0 Å². The highest BCUT2D eigenvalue weighted by Gasteiger charge is 2.52. The number of carbonyl (C=O) groups is 1. The van der Waals surface area contributed by atoms with Crippen molar-refractivity contribution in [3.05, 3.63) is 0 Å². The van der Waals surface area contributed by atoms with Crippen LogP contribution in [0.1, 0.15) is 20.3 Å². The molecular weight excluding hydrogens is 268 g/mol. The smallest absolute Gasteiger partial charge is 0.226 e. The summed E-state index contributed by atoms with van der Waals surface area (Å²) in [5.74, 6) is 0.693. The SMILES string of the molecule is CC1(C)CC1C(=O)N1CCN(CCBr)CC1. The largest absolute Gasteiger partial charge is 0.340 e. The van der Waals surface area contributed by atoms with Crippen molar-refractivity contribution in [3.63, 3.8) is 0 Å². The fraction of sp³-hybridized carbons (Fsp3) is 0.917. The van der Waals surface area contributed by atoms with Gasteiger partial charge in [-0.3, -0.25) is 9.69 Å². The van der Waals surface area contributed by atoms with E-state index < -0.39 is 0 Å². The molecule has 16 heavy (non-hydrogen) atoms. The monoisotopic (exact) mass is 288 g/mol. The zero-order valence-electron chi connectivity index (χ0n) is 10.2. The van der Waals surface area contributed by atoms with Crippen molar-refractivity contribution in [2.45, 2.75) is 20.3 Å². The van der Waals surface area contributed by atoms with E-state index in [-0.39, 0.29) is 5.41 Å². The summed E-state index contributed by atoms with van der Waals surface area (Å²) in [7, 11) is 0. The summed E-state index contributed by atoms with van der Waals surface area (Å²) >= 11 is 3.45. The van der Waals surface area contributed by atoms with Gasteiger partial charge in [-0.2, -0.15) is 0 Å². The van der Waals surface area contributed by atoms with Crippen LogP contribution in [0.15, 0.2) is 0 Å². The molecule has 1 heterocycles. The third-order valence-electron chi connectivity index (χ3n) is 3.90. The van der Waals surface area contributed by atoms with E-state index in [1.807, 2.05) is 0 Å². The van der Waals surface area contributed by atoms with Crippen LogP contribution in [-0.2, 0) is 4.79 Å². The molecule has 1 saturated carbocycles. The van der Waals surface area contributed by atoms with Crippen LogP contribution < -0.4 is 0 Å². The zero-order valence-corrected chi connectivity index (χ0v) is 11.8. The van der Waals surface area contributed by atoms with Crippen LogP contribution in [0.5, 0.6) is 0 Å². The van der Waals surface area contributed by atoms with Gasteiger partial charge in [0.1, 0.15) is 0 Å². The minimum atomic E-state index is 0.268. The van der Waals surface area contributed by atoms with Crippen molar-refractivity contribution in [3.8, 4) is 0 Å². The molecule has 0 N–H and O–H groups in total. The number of hydrogen-bond acceptors (Lipinski definition) is 2. The predicted octanol–water partition coefficient (Wildman–Crippen LogP) is 1.57. The lowest BCUT2D eigenvalue weighted by molar-refractivity contribution is -0.135. The third kappa shape index (κ3) is 2.59. The van der Waals surface area contributed by atoms with Crippen LogP contribution in [-0.4, -0.2) is 53.8 Å². The third-order valence-corrected chi connectivity index (χ3v) is 4.25. The van der Waals surface area contributed by atoms with E-state index in [4.69, 9.17) is 0 Å². The first-order valence-electron chi connectivity index (χ1n) is 6.12. The molecule has 0 aromatic heterocycles. The Labute approximate surface area is 106 Å². The molecule has 3 nitrogen and oxygen atoms in total. The minimum absolute atomic E-state index is 0.268. The maximum Gasteiger partial charge on any atom is 0.226 e. The van der Waals surface area contributed by atoms with Crippen molar-refractivity contribution >= 4 is 21.8 Å². The van der Waals surface area contributed by atoms with E-state index >= 15 is 0 Å². The van der Waals surface area contributed by atoms with E-state index in [0.717, 1.165) is 44.5 Å². The van der Waals surface area contributed by atoms with Gasteiger partial charge in [0.15, 0.2) is 0 Å². The molecule has 1 saturated heterocycles. The Morgan fingerprint density at radius 1 is 1.31 bits per heavy atom. The van der Waals surface area contributed by atoms with E-state index in [0.29, 0.717) is 11.8 Å². The fourth-order valence-corrected chi connectivity index (χ4v) is 2.92. The Hall–Kier alpha value is -0.0900. The van der Waals surface area contributed by atoms with Crippen molar-refractivity contribution in [2.24, 2.45) is 11.3 Å². The zero-order chi connectivity index (χ0) is 11.8. The molecule has 1 unspecified atom stereocenters. The molecule has 2 aliphatic rings. The summed E-state index contributed by atoms with van der Waals surface area (Å²) < 4.78 is 0. The van der Waals surface area contributed by atoms with Crippen LogP contribution >= 0.6 is 15.9 Å². The lowest BCUT2D eigenvalue weighted by Gasteiger charge is -2.34. The molecule has 1 aliphatic heterocycles. The fourth-order valence-electron chi connectivity index (χ4n) is 2.42. The molecule has 4 heteroatoms. The van der Waals surface area contributed by atoms with Crippen LogP contribution in [0, 0.1) is 11.3 Å². The first-order chi connectivity index (χ1) is 7.54. The Morgan fingerprint density at radius 3 is 2.31 bits per heavy atom. The lowest BCUT2D eigenvalue weighted by atomic mass is 10.1. The van der Waals surface area contributed by atoms with Crippen LogP contribution in [0.2, 0.25) is 0 Å². The molecule has 2 rings (SSSR count). The van der Waals surface area contributed by atoms with Gasteiger partial charge in [0.2, 0.25) is 5.91 Å². The molecule has 1 atom stereocenters. The van der Waals surface area contributed by atoms with Crippen molar-refractivity contribution < 1.29 is 4.79 Å². The molecule has 0 bridgehead atoms. The highest BCUT2D eigenvalue weighted by molar-refractivity contribution is 9.09. The number of carbonyl (C=O) groups excluding carboxylic acids is 1. The number of hydrogen-bond donors (Lipinski definition) is 0. The van der Waals surface area contributed by atoms with Gasteiger partial charge >= 0.3 is 0 Å². The second kappa shape index (κ2) is 4.65. The number of rotatable bonds is 3. The maximum absolute atomic E-state index is 12.1. The van der Waals surface area contributed by atoms with E-state index in [9.17, 15) is 4.79 Å². The second-order valence-electron chi connectivity index (χ2n) is 5.60. The van der Waals surface area contributed by atoms with Crippen LogP contribution in [0.4, 0.5) is 0 Å². The number of amides is 1. The number of nitrogens with zero attached hydrogens (tertiary/aromatic N) is 2. The topological polar surface area (TPSA) is 23.6 Å². The van der Waals surface area contributed by atoms with Gasteiger partial charge in [0.25, 0.3) is 0 Å². The molecule has 92 valence electrons. The average molecular weight is 289 g/mol.